The maximum Gasteiger partial charge on any atom is 0.0612 e. The number of benzene rings is 1. The highest BCUT2D eigenvalue weighted by atomic mass is 35.5. The number of rotatable bonds is 1. The average Bonchev–Trinajstić information content (AvgIpc) is 2.22. The number of piperazine rings is 1. The molecule has 1 aliphatic rings. The van der Waals surface area contributed by atoms with Gasteiger partial charge in [-0.3, -0.25) is 0 Å². The Bertz CT molecular complexity index is 354. The molecule has 2 nitrogen and oxygen atoms in total. The molecule has 1 heterocycles. The first-order valence-electron chi connectivity index (χ1n) is 5.10. The number of hydrogen-bond acceptors (Lipinski definition) is 2. The van der Waals surface area contributed by atoms with Gasteiger partial charge in [0.05, 0.1) is 10.0 Å². The summed E-state index contributed by atoms with van der Waals surface area (Å²) in [5, 5.41) is 4.65. The zero-order valence-corrected chi connectivity index (χ0v) is 10.1. The van der Waals surface area contributed by atoms with Gasteiger partial charge in [0.15, 0.2) is 0 Å². The van der Waals surface area contributed by atoms with Crippen LogP contribution in [0.3, 0.4) is 0 Å². The topological polar surface area (TPSA) is 15.3 Å². The fourth-order valence-electron chi connectivity index (χ4n) is 1.85. The van der Waals surface area contributed by atoms with Gasteiger partial charge >= 0.3 is 0 Å². The van der Waals surface area contributed by atoms with Crippen LogP contribution in [0, 0.1) is 0 Å². The lowest BCUT2D eigenvalue weighted by Crippen LogP contribution is -2.49. The highest BCUT2D eigenvalue weighted by Crippen LogP contribution is 2.27. The second-order valence-electron chi connectivity index (χ2n) is 3.90. The number of nitrogens with one attached hydrogen (secondary N) is 1. The van der Waals surface area contributed by atoms with Crippen molar-refractivity contribution in [3.8, 4) is 0 Å². The monoisotopic (exact) mass is 244 g/mol. The van der Waals surface area contributed by atoms with Crippen molar-refractivity contribution in [2.75, 3.05) is 24.5 Å². The molecule has 1 aromatic rings. The van der Waals surface area contributed by atoms with Crippen LogP contribution < -0.4 is 10.2 Å². The highest BCUT2D eigenvalue weighted by Gasteiger charge is 2.16. The van der Waals surface area contributed by atoms with Gasteiger partial charge in [-0.15, -0.1) is 0 Å². The minimum absolute atomic E-state index is 0.521. The van der Waals surface area contributed by atoms with E-state index < -0.39 is 0 Å². The quantitative estimate of drug-likeness (QED) is 0.818. The summed E-state index contributed by atoms with van der Waals surface area (Å²) in [5.74, 6) is 0. The van der Waals surface area contributed by atoms with Crippen molar-refractivity contribution in [3.05, 3.63) is 28.2 Å². The molecule has 0 saturated carbocycles. The Hall–Kier alpha value is -0.440. The first-order valence-corrected chi connectivity index (χ1v) is 5.86. The van der Waals surface area contributed by atoms with Crippen LogP contribution in [-0.2, 0) is 0 Å². The summed E-state index contributed by atoms with van der Waals surface area (Å²) < 4.78 is 0. The molecule has 4 heteroatoms. The predicted molar refractivity (Wildman–Crippen MR) is 66.1 cm³/mol. The molecule has 1 N–H and O–H groups in total. The van der Waals surface area contributed by atoms with Crippen molar-refractivity contribution in [1.29, 1.82) is 0 Å². The fourth-order valence-corrected chi connectivity index (χ4v) is 2.14. The lowest BCUT2D eigenvalue weighted by Gasteiger charge is -2.33. The summed E-state index contributed by atoms with van der Waals surface area (Å²) in [6, 6.07) is 6.33. The van der Waals surface area contributed by atoms with E-state index in [0.717, 1.165) is 25.3 Å². The van der Waals surface area contributed by atoms with Crippen LogP contribution in [0.2, 0.25) is 10.0 Å². The van der Waals surface area contributed by atoms with E-state index in [4.69, 9.17) is 23.2 Å². The number of nitrogens with zero attached hydrogens (tertiary/aromatic N) is 1. The summed E-state index contributed by atoms with van der Waals surface area (Å²) in [7, 11) is 0. The molecular weight excluding hydrogens is 231 g/mol. The molecule has 1 fully saturated rings. The Labute approximate surface area is 100 Å². The lowest BCUT2D eigenvalue weighted by molar-refractivity contribution is 0.485. The normalized spacial score (nSPS) is 21.8. The van der Waals surface area contributed by atoms with Gasteiger partial charge in [0.1, 0.15) is 0 Å². The summed E-state index contributed by atoms with van der Waals surface area (Å²) in [6.07, 6.45) is 0. The summed E-state index contributed by atoms with van der Waals surface area (Å²) in [5.41, 5.74) is 1.15. The standard InChI is InChI=1S/C11H14Cl2N2/c1-8-7-15(5-4-14-8)9-2-3-10(12)11(13)6-9/h2-3,6,8,14H,4-5,7H2,1H3/t8-/m1/s1. The molecule has 0 unspecified atom stereocenters. The lowest BCUT2D eigenvalue weighted by atomic mass is 10.2. The fraction of sp³-hybridized carbons (Fsp3) is 0.455. The number of halogens is 2. The van der Waals surface area contributed by atoms with Crippen molar-refractivity contribution in [2.45, 2.75) is 13.0 Å². The molecule has 0 spiro atoms. The molecule has 82 valence electrons. The van der Waals surface area contributed by atoms with Crippen LogP contribution in [0.1, 0.15) is 6.92 Å². The van der Waals surface area contributed by atoms with Gasteiger partial charge in [-0.25, -0.2) is 0 Å². The molecule has 0 bridgehead atoms. The number of anilines is 1. The smallest absolute Gasteiger partial charge is 0.0612 e. The van der Waals surface area contributed by atoms with Crippen LogP contribution in [0.4, 0.5) is 5.69 Å². The zero-order valence-electron chi connectivity index (χ0n) is 8.63. The van der Waals surface area contributed by atoms with Gasteiger partial charge < -0.3 is 10.2 Å². The maximum atomic E-state index is 6.00. The Morgan fingerprint density at radius 3 is 2.80 bits per heavy atom. The summed E-state index contributed by atoms with van der Waals surface area (Å²) >= 11 is 11.9. The van der Waals surface area contributed by atoms with Crippen molar-refractivity contribution in [2.24, 2.45) is 0 Å². The van der Waals surface area contributed by atoms with Gasteiger partial charge in [-0.05, 0) is 25.1 Å². The largest absolute Gasteiger partial charge is 0.369 e. The van der Waals surface area contributed by atoms with Crippen molar-refractivity contribution < 1.29 is 0 Å². The number of hydrogen-bond donors (Lipinski definition) is 1. The van der Waals surface area contributed by atoms with Gasteiger partial charge in [-0.1, -0.05) is 23.2 Å². The average molecular weight is 245 g/mol. The predicted octanol–water partition coefficient (Wildman–Crippen LogP) is 2.79. The van der Waals surface area contributed by atoms with Gasteiger partial charge in [0.2, 0.25) is 0 Å². The maximum absolute atomic E-state index is 6.00. The summed E-state index contributed by atoms with van der Waals surface area (Å²) in [6.45, 7) is 5.23. The molecule has 1 aliphatic heterocycles. The third-order valence-corrected chi connectivity index (χ3v) is 3.38. The molecule has 1 aromatic carbocycles. The van der Waals surface area contributed by atoms with E-state index >= 15 is 0 Å². The minimum Gasteiger partial charge on any atom is -0.369 e. The second kappa shape index (κ2) is 4.60. The third kappa shape index (κ3) is 2.57. The Morgan fingerprint density at radius 2 is 2.13 bits per heavy atom. The molecular formula is C11H14Cl2N2. The molecule has 0 radical (unpaired) electrons. The van der Waals surface area contributed by atoms with Gasteiger partial charge in [-0.2, -0.15) is 0 Å². The summed E-state index contributed by atoms with van der Waals surface area (Å²) in [4.78, 5) is 2.32. The molecule has 2 rings (SSSR count). The van der Waals surface area contributed by atoms with E-state index in [-0.39, 0.29) is 0 Å². The minimum atomic E-state index is 0.521. The first-order chi connectivity index (χ1) is 7.16. The SMILES string of the molecule is C[C@@H]1CN(c2ccc(Cl)c(Cl)c2)CCN1. The van der Waals surface area contributed by atoms with E-state index in [1.54, 1.807) is 0 Å². The molecule has 0 aromatic heterocycles. The second-order valence-corrected chi connectivity index (χ2v) is 4.71. The van der Waals surface area contributed by atoms with Crippen LogP contribution in [0.15, 0.2) is 18.2 Å². The van der Waals surface area contributed by atoms with Crippen molar-refractivity contribution in [1.82, 2.24) is 5.32 Å². The molecule has 1 atom stereocenters. The third-order valence-electron chi connectivity index (χ3n) is 2.64. The van der Waals surface area contributed by atoms with E-state index in [2.05, 4.69) is 17.1 Å². The van der Waals surface area contributed by atoms with E-state index in [0.29, 0.717) is 16.1 Å². The zero-order chi connectivity index (χ0) is 10.8. The molecule has 0 aliphatic carbocycles. The highest BCUT2D eigenvalue weighted by molar-refractivity contribution is 6.42. The van der Waals surface area contributed by atoms with Crippen LogP contribution in [0.25, 0.3) is 0 Å². The van der Waals surface area contributed by atoms with Crippen LogP contribution in [0.5, 0.6) is 0 Å². The molecule has 1 saturated heterocycles. The first kappa shape index (κ1) is 11.1. The van der Waals surface area contributed by atoms with E-state index in [1.807, 2.05) is 18.2 Å². The van der Waals surface area contributed by atoms with Crippen molar-refractivity contribution in [3.63, 3.8) is 0 Å². The molecule has 15 heavy (non-hydrogen) atoms. The van der Waals surface area contributed by atoms with Gasteiger partial charge in [0, 0.05) is 31.4 Å². The van der Waals surface area contributed by atoms with Crippen LogP contribution in [-0.4, -0.2) is 25.7 Å². The molecule has 0 amide bonds. The van der Waals surface area contributed by atoms with E-state index in [1.165, 1.54) is 0 Å². The Kier molecular flexibility index (Phi) is 3.39. The Morgan fingerprint density at radius 1 is 1.33 bits per heavy atom. The van der Waals surface area contributed by atoms with Crippen LogP contribution >= 0.6 is 23.2 Å². The van der Waals surface area contributed by atoms with E-state index in [9.17, 15) is 0 Å². The Balaban J connectivity index is 2.18. The van der Waals surface area contributed by atoms with Gasteiger partial charge in [0.25, 0.3) is 0 Å². The van der Waals surface area contributed by atoms with Crippen molar-refractivity contribution >= 4 is 28.9 Å².